The summed E-state index contributed by atoms with van der Waals surface area (Å²) in [6.07, 6.45) is 6.92. The Hall–Kier alpha value is -1.35. The van der Waals surface area contributed by atoms with Gasteiger partial charge in [0.15, 0.2) is 0 Å². The van der Waals surface area contributed by atoms with Gasteiger partial charge >= 0.3 is 0 Å². The van der Waals surface area contributed by atoms with Crippen LogP contribution in [0.4, 0.5) is 0 Å². The fourth-order valence-electron chi connectivity index (χ4n) is 2.85. The Labute approximate surface area is 121 Å². The quantitative estimate of drug-likeness (QED) is 0.608. The number of hydrogen-bond acceptors (Lipinski definition) is 3. The van der Waals surface area contributed by atoms with Crippen molar-refractivity contribution >= 4 is 6.21 Å². The fraction of sp³-hybridized carbons (Fsp3) is 0.588. The second-order valence-electron chi connectivity index (χ2n) is 6.30. The third-order valence-corrected chi connectivity index (χ3v) is 4.61. The van der Waals surface area contributed by atoms with E-state index in [1.807, 2.05) is 0 Å². The maximum absolute atomic E-state index is 5.49. The molecule has 1 aromatic rings. The van der Waals surface area contributed by atoms with Crippen molar-refractivity contribution in [3.8, 4) is 0 Å². The monoisotopic (exact) mass is 272 g/mol. The summed E-state index contributed by atoms with van der Waals surface area (Å²) < 4.78 is 0. The van der Waals surface area contributed by atoms with Gasteiger partial charge in [0.05, 0.1) is 6.21 Å². The van der Waals surface area contributed by atoms with Crippen LogP contribution in [0.3, 0.4) is 0 Å². The highest BCUT2D eigenvalue weighted by Crippen LogP contribution is 2.34. The number of hydrogen-bond donors (Lipinski definition) is 0. The van der Waals surface area contributed by atoms with Crippen LogP contribution in [0.5, 0.6) is 0 Å². The Morgan fingerprint density at radius 3 is 2.60 bits per heavy atom. The standard InChI is InChI=1S/C17H24N2O/c1-19-11-9-17(10-12-19,16-5-3-2-4-6-16)14-18-20-13-15-7-8-15/h2-6,14-15H,7-13H2,1H3/b18-14+. The van der Waals surface area contributed by atoms with Crippen LogP contribution in [0.2, 0.25) is 0 Å². The van der Waals surface area contributed by atoms with Gasteiger partial charge in [-0.1, -0.05) is 35.5 Å². The summed E-state index contributed by atoms with van der Waals surface area (Å²) in [5.41, 5.74) is 1.42. The van der Waals surface area contributed by atoms with Crippen LogP contribution in [0.1, 0.15) is 31.2 Å². The van der Waals surface area contributed by atoms with Crippen molar-refractivity contribution in [3.63, 3.8) is 0 Å². The fourth-order valence-corrected chi connectivity index (χ4v) is 2.85. The third kappa shape index (κ3) is 3.21. The largest absolute Gasteiger partial charge is 0.396 e. The van der Waals surface area contributed by atoms with Crippen molar-refractivity contribution in [2.24, 2.45) is 11.1 Å². The van der Waals surface area contributed by atoms with Crippen molar-refractivity contribution in [1.29, 1.82) is 0 Å². The molecule has 2 fully saturated rings. The average Bonchev–Trinajstić information content (AvgIpc) is 3.31. The van der Waals surface area contributed by atoms with Gasteiger partial charge in [0.25, 0.3) is 0 Å². The second kappa shape index (κ2) is 5.96. The highest BCUT2D eigenvalue weighted by Gasteiger charge is 2.34. The van der Waals surface area contributed by atoms with Gasteiger partial charge in [-0.05, 0) is 57.3 Å². The van der Waals surface area contributed by atoms with Gasteiger partial charge in [0.1, 0.15) is 6.61 Å². The summed E-state index contributed by atoms with van der Waals surface area (Å²) in [6.45, 7) is 3.02. The first kappa shape index (κ1) is 13.6. The van der Waals surface area contributed by atoms with Gasteiger partial charge in [-0.15, -0.1) is 0 Å². The van der Waals surface area contributed by atoms with E-state index in [2.05, 4.69) is 53.6 Å². The van der Waals surface area contributed by atoms with E-state index in [0.29, 0.717) is 0 Å². The Morgan fingerprint density at radius 2 is 1.95 bits per heavy atom. The highest BCUT2D eigenvalue weighted by atomic mass is 16.6. The third-order valence-electron chi connectivity index (χ3n) is 4.61. The molecule has 3 heteroatoms. The molecule has 0 unspecified atom stereocenters. The number of piperidine rings is 1. The van der Waals surface area contributed by atoms with Crippen molar-refractivity contribution in [2.45, 2.75) is 31.1 Å². The zero-order chi connectivity index (χ0) is 13.8. The summed E-state index contributed by atoms with van der Waals surface area (Å²) in [7, 11) is 2.19. The zero-order valence-electron chi connectivity index (χ0n) is 12.3. The van der Waals surface area contributed by atoms with Crippen LogP contribution in [-0.2, 0) is 10.3 Å². The van der Waals surface area contributed by atoms with E-state index in [0.717, 1.165) is 38.5 Å². The number of nitrogens with zero attached hydrogens (tertiary/aromatic N) is 2. The smallest absolute Gasteiger partial charge is 0.120 e. The molecule has 0 atom stereocenters. The first-order valence-electron chi connectivity index (χ1n) is 7.69. The molecule has 0 bridgehead atoms. The normalized spacial score (nSPS) is 23.1. The molecular weight excluding hydrogens is 248 g/mol. The minimum Gasteiger partial charge on any atom is -0.396 e. The van der Waals surface area contributed by atoms with Gasteiger partial charge in [0.2, 0.25) is 0 Å². The molecule has 2 aliphatic rings. The lowest BCUT2D eigenvalue weighted by Gasteiger charge is -2.38. The minimum absolute atomic E-state index is 0.0529. The maximum Gasteiger partial charge on any atom is 0.120 e. The van der Waals surface area contributed by atoms with E-state index in [9.17, 15) is 0 Å². The summed E-state index contributed by atoms with van der Waals surface area (Å²) >= 11 is 0. The van der Waals surface area contributed by atoms with E-state index in [4.69, 9.17) is 4.84 Å². The van der Waals surface area contributed by atoms with Crippen molar-refractivity contribution < 1.29 is 4.84 Å². The van der Waals surface area contributed by atoms with Crippen LogP contribution in [-0.4, -0.2) is 37.9 Å². The molecule has 1 aliphatic carbocycles. The molecule has 1 heterocycles. The molecule has 0 N–H and O–H groups in total. The SMILES string of the molecule is CN1CCC(/C=N/OCC2CC2)(c2ccccc2)CC1. The van der Waals surface area contributed by atoms with Gasteiger partial charge in [-0.3, -0.25) is 0 Å². The summed E-state index contributed by atoms with van der Waals surface area (Å²) in [4.78, 5) is 7.88. The average molecular weight is 272 g/mol. The molecule has 3 rings (SSSR count). The van der Waals surface area contributed by atoms with Gasteiger partial charge in [-0.25, -0.2) is 0 Å². The molecule has 1 saturated carbocycles. The molecule has 1 aliphatic heterocycles. The summed E-state index contributed by atoms with van der Waals surface area (Å²) in [5.74, 6) is 0.761. The van der Waals surface area contributed by atoms with E-state index < -0.39 is 0 Å². The topological polar surface area (TPSA) is 24.8 Å². The van der Waals surface area contributed by atoms with Crippen molar-refractivity contribution in [2.75, 3.05) is 26.7 Å². The van der Waals surface area contributed by atoms with Crippen LogP contribution in [0, 0.1) is 5.92 Å². The van der Waals surface area contributed by atoms with Crippen molar-refractivity contribution in [1.82, 2.24) is 4.90 Å². The summed E-state index contributed by atoms with van der Waals surface area (Å²) in [5, 5.41) is 4.31. The lowest BCUT2D eigenvalue weighted by molar-refractivity contribution is 0.131. The van der Waals surface area contributed by atoms with Gasteiger partial charge in [-0.2, -0.15) is 0 Å². The molecule has 3 nitrogen and oxygen atoms in total. The zero-order valence-corrected chi connectivity index (χ0v) is 12.3. The number of oxime groups is 1. The molecule has 0 radical (unpaired) electrons. The highest BCUT2D eigenvalue weighted by molar-refractivity contribution is 5.73. The summed E-state index contributed by atoms with van der Waals surface area (Å²) in [6, 6.07) is 10.8. The molecule has 1 aromatic carbocycles. The van der Waals surface area contributed by atoms with E-state index >= 15 is 0 Å². The van der Waals surface area contributed by atoms with Crippen LogP contribution in [0.15, 0.2) is 35.5 Å². The predicted molar refractivity (Wildman–Crippen MR) is 82.0 cm³/mol. The van der Waals surface area contributed by atoms with E-state index in [-0.39, 0.29) is 5.41 Å². The van der Waals surface area contributed by atoms with Crippen LogP contribution < -0.4 is 0 Å². The lowest BCUT2D eigenvalue weighted by atomic mass is 9.74. The Morgan fingerprint density at radius 1 is 1.25 bits per heavy atom. The van der Waals surface area contributed by atoms with Gasteiger partial charge in [0, 0.05) is 5.41 Å². The van der Waals surface area contributed by atoms with E-state index in [1.54, 1.807) is 0 Å². The minimum atomic E-state index is 0.0529. The maximum atomic E-state index is 5.49. The van der Waals surface area contributed by atoms with Crippen LogP contribution >= 0.6 is 0 Å². The molecule has 108 valence electrons. The molecular formula is C17H24N2O. The first-order valence-corrected chi connectivity index (χ1v) is 7.69. The first-order chi connectivity index (χ1) is 9.78. The van der Waals surface area contributed by atoms with E-state index in [1.165, 1.54) is 18.4 Å². The predicted octanol–water partition coefficient (Wildman–Crippen LogP) is 3.06. The second-order valence-corrected chi connectivity index (χ2v) is 6.30. The molecule has 1 saturated heterocycles. The Kier molecular flexibility index (Phi) is 4.06. The number of benzene rings is 1. The number of rotatable bonds is 5. The number of likely N-dealkylation sites (tertiary alicyclic amines) is 1. The van der Waals surface area contributed by atoms with Crippen LogP contribution in [0.25, 0.3) is 0 Å². The Bertz CT molecular complexity index is 445. The Balaban J connectivity index is 1.72. The van der Waals surface area contributed by atoms with Crippen molar-refractivity contribution in [3.05, 3.63) is 35.9 Å². The van der Waals surface area contributed by atoms with Gasteiger partial charge < -0.3 is 9.74 Å². The molecule has 0 amide bonds. The molecule has 0 spiro atoms. The molecule has 0 aromatic heterocycles. The lowest BCUT2D eigenvalue weighted by Crippen LogP contribution is -2.42. The molecule has 20 heavy (non-hydrogen) atoms.